The van der Waals surface area contributed by atoms with Crippen LogP contribution in [0.25, 0.3) is 0 Å². The maximum absolute atomic E-state index is 14.6. The van der Waals surface area contributed by atoms with E-state index in [0.29, 0.717) is 4.88 Å². The first-order chi connectivity index (χ1) is 13.0. The average molecular weight is 446 g/mol. The molecule has 0 spiro atoms. The third-order valence-corrected chi connectivity index (χ3v) is 6.11. The Labute approximate surface area is 175 Å². The molecule has 1 amide bonds. The summed E-state index contributed by atoms with van der Waals surface area (Å²) in [5, 5.41) is 2.98. The minimum atomic E-state index is -1.49. The minimum absolute atomic E-state index is 0.234. The summed E-state index contributed by atoms with van der Waals surface area (Å²) in [5.41, 5.74) is 0.265. The van der Waals surface area contributed by atoms with Crippen molar-refractivity contribution in [1.82, 2.24) is 9.71 Å². The van der Waals surface area contributed by atoms with E-state index in [9.17, 15) is 13.7 Å². The number of allylic oxidation sites excluding steroid dienone is 1. The highest BCUT2D eigenvalue weighted by Crippen LogP contribution is 2.33. The zero-order chi connectivity index (χ0) is 21.1. The molecule has 2 N–H and O–H groups in total. The normalized spacial score (nSPS) is 13.7. The molecular formula is C18H21ClFN3O3S2. The summed E-state index contributed by atoms with van der Waals surface area (Å²) in [7, 11) is 0. The number of rotatable bonds is 6. The lowest BCUT2D eigenvalue weighted by Gasteiger charge is -2.27. The highest BCUT2D eigenvalue weighted by molar-refractivity contribution is 7.90. The molecule has 1 aromatic heterocycles. The lowest BCUT2D eigenvalue weighted by molar-refractivity contribution is 0.192. The highest BCUT2D eigenvalue weighted by atomic mass is 35.5. The number of halogens is 2. The van der Waals surface area contributed by atoms with Crippen LogP contribution in [0.4, 0.5) is 14.3 Å². The van der Waals surface area contributed by atoms with Crippen molar-refractivity contribution in [2.45, 2.75) is 38.5 Å². The first-order valence-electron chi connectivity index (χ1n) is 8.20. The lowest BCUT2D eigenvalue weighted by Crippen LogP contribution is -2.41. The number of thiazole rings is 1. The summed E-state index contributed by atoms with van der Waals surface area (Å²) < 4.78 is 34.4. The standard InChI is InChI=1S/C18H21ClFN3O3S2/c1-10(2)26-17(24)22-16-21-9-14(27-16)15(23-28(25)18(3,4)5)12-7-6-11(19)8-13(12)20/h6-9,15,23H,1H2,2-5H3,(H,21,22,24)/t15?,28-/m1/s1. The van der Waals surface area contributed by atoms with Crippen LogP contribution < -0.4 is 10.0 Å². The van der Waals surface area contributed by atoms with E-state index in [0.717, 1.165) is 11.3 Å². The maximum Gasteiger partial charge on any atom is 0.418 e. The summed E-state index contributed by atoms with van der Waals surface area (Å²) in [5.74, 6) is -0.307. The van der Waals surface area contributed by atoms with Crippen LogP contribution in [-0.2, 0) is 16.1 Å². The highest BCUT2D eigenvalue weighted by Gasteiger charge is 2.32. The number of anilines is 1. The first kappa shape index (κ1) is 22.6. The van der Waals surface area contributed by atoms with E-state index in [1.165, 1.54) is 25.3 Å². The second-order valence-corrected chi connectivity index (χ2v) is 10.4. The molecule has 10 heteroatoms. The van der Waals surface area contributed by atoms with E-state index < -0.39 is 34.1 Å². The molecule has 152 valence electrons. The fraction of sp³-hybridized carbons (Fsp3) is 0.333. The van der Waals surface area contributed by atoms with Crippen molar-refractivity contribution in [1.29, 1.82) is 0 Å². The molecule has 0 radical (unpaired) electrons. The molecule has 6 nitrogen and oxygen atoms in total. The van der Waals surface area contributed by atoms with Crippen LogP contribution in [-0.4, -0.2) is 20.4 Å². The molecular weight excluding hydrogens is 425 g/mol. The second-order valence-electron chi connectivity index (χ2n) is 6.88. The van der Waals surface area contributed by atoms with Crippen molar-refractivity contribution in [2.24, 2.45) is 0 Å². The maximum atomic E-state index is 14.6. The van der Waals surface area contributed by atoms with Crippen LogP contribution in [0.15, 0.2) is 36.7 Å². The lowest BCUT2D eigenvalue weighted by atomic mass is 10.1. The van der Waals surface area contributed by atoms with Crippen molar-refractivity contribution < 1.29 is 18.5 Å². The molecule has 0 saturated carbocycles. The Bertz CT molecular complexity index is 870. The van der Waals surface area contributed by atoms with Gasteiger partial charge in [0.15, 0.2) is 5.13 Å². The third-order valence-electron chi connectivity index (χ3n) is 3.34. The van der Waals surface area contributed by atoms with E-state index in [4.69, 9.17) is 16.3 Å². The van der Waals surface area contributed by atoms with Crippen molar-refractivity contribution in [3.8, 4) is 0 Å². The SMILES string of the molecule is C=C(C)OC(=O)Nc1ncc(C(N[S@+]([O-])C(C)(C)C)c2ccc(Cl)cc2F)s1. The number of ether oxygens (including phenoxy) is 1. The van der Waals surface area contributed by atoms with Crippen LogP contribution >= 0.6 is 22.9 Å². The number of amides is 1. The van der Waals surface area contributed by atoms with E-state index in [2.05, 4.69) is 21.6 Å². The molecule has 1 aromatic carbocycles. The number of aromatic nitrogens is 1. The van der Waals surface area contributed by atoms with Gasteiger partial charge in [-0.25, -0.2) is 14.2 Å². The van der Waals surface area contributed by atoms with Gasteiger partial charge < -0.3 is 9.29 Å². The Morgan fingerprint density at radius 3 is 2.71 bits per heavy atom. The monoisotopic (exact) mass is 445 g/mol. The predicted molar refractivity (Wildman–Crippen MR) is 111 cm³/mol. The molecule has 0 aliphatic rings. The molecule has 0 fully saturated rings. The molecule has 1 unspecified atom stereocenters. The van der Waals surface area contributed by atoms with Crippen LogP contribution in [0.1, 0.15) is 44.2 Å². The van der Waals surface area contributed by atoms with Gasteiger partial charge in [-0.1, -0.05) is 35.6 Å². The summed E-state index contributed by atoms with van der Waals surface area (Å²) in [6.07, 6.45) is 0.751. The molecule has 1 heterocycles. The largest absolute Gasteiger partial charge is 0.598 e. The predicted octanol–water partition coefficient (Wildman–Crippen LogP) is 5.16. The molecule has 2 rings (SSSR count). The Hall–Kier alpha value is -1.65. The number of hydrogen-bond acceptors (Lipinski definition) is 6. The zero-order valence-electron chi connectivity index (χ0n) is 15.8. The van der Waals surface area contributed by atoms with Gasteiger partial charge in [0.1, 0.15) is 16.6 Å². The molecule has 28 heavy (non-hydrogen) atoms. The molecule has 0 bridgehead atoms. The van der Waals surface area contributed by atoms with E-state index >= 15 is 0 Å². The Kier molecular flexibility index (Phi) is 7.46. The Morgan fingerprint density at radius 2 is 2.14 bits per heavy atom. The van der Waals surface area contributed by atoms with Crippen molar-refractivity contribution in [3.05, 3.63) is 58.0 Å². The van der Waals surface area contributed by atoms with Crippen LogP contribution in [0.3, 0.4) is 0 Å². The van der Waals surface area contributed by atoms with E-state index in [1.807, 2.05) is 0 Å². The molecule has 0 saturated heterocycles. The number of carbonyl (C=O) groups is 1. The van der Waals surface area contributed by atoms with Gasteiger partial charge in [-0.15, -0.1) is 4.72 Å². The van der Waals surface area contributed by atoms with Gasteiger partial charge in [-0.2, -0.15) is 0 Å². The zero-order valence-corrected chi connectivity index (χ0v) is 18.2. The van der Waals surface area contributed by atoms with Crippen LogP contribution in [0, 0.1) is 5.82 Å². The second kappa shape index (κ2) is 9.23. The number of nitrogens with zero attached hydrogens (tertiary/aromatic N) is 1. The smallest absolute Gasteiger partial charge is 0.418 e. The number of carbonyl (C=O) groups excluding carboxylic acids is 1. The Balaban J connectivity index is 2.34. The molecule has 0 aliphatic carbocycles. The summed E-state index contributed by atoms with van der Waals surface area (Å²) >= 11 is 5.47. The fourth-order valence-electron chi connectivity index (χ4n) is 2.04. The summed E-state index contributed by atoms with van der Waals surface area (Å²) in [6, 6.07) is 3.52. The van der Waals surface area contributed by atoms with Crippen molar-refractivity contribution >= 4 is 45.5 Å². The molecule has 2 atom stereocenters. The van der Waals surface area contributed by atoms with Crippen LogP contribution in [0.5, 0.6) is 0 Å². The van der Waals surface area contributed by atoms with Gasteiger partial charge in [-0.05, 0) is 39.8 Å². The first-order valence-corrected chi connectivity index (χ1v) is 10.5. The van der Waals surface area contributed by atoms with Crippen molar-refractivity contribution in [3.63, 3.8) is 0 Å². The van der Waals surface area contributed by atoms with Crippen molar-refractivity contribution in [2.75, 3.05) is 5.32 Å². The van der Waals surface area contributed by atoms with Crippen LogP contribution in [0.2, 0.25) is 5.02 Å². The van der Waals surface area contributed by atoms with Gasteiger partial charge >= 0.3 is 6.09 Å². The molecule has 0 aliphatic heterocycles. The fourth-order valence-corrected chi connectivity index (χ4v) is 3.97. The quantitative estimate of drug-likeness (QED) is 0.473. The number of nitrogens with one attached hydrogen (secondary N) is 2. The molecule has 2 aromatic rings. The van der Waals surface area contributed by atoms with E-state index in [-0.39, 0.29) is 21.5 Å². The summed E-state index contributed by atoms with van der Waals surface area (Å²) in [4.78, 5) is 16.4. The van der Waals surface area contributed by atoms with Gasteiger partial charge in [0, 0.05) is 28.1 Å². The van der Waals surface area contributed by atoms with Gasteiger partial charge in [0.05, 0.1) is 10.6 Å². The van der Waals surface area contributed by atoms with Gasteiger partial charge in [-0.3, -0.25) is 5.32 Å². The summed E-state index contributed by atoms with van der Waals surface area (Å²) in [6.45, 7) is 10.4. The number of benzene rings is 1. The van der Waals surface area contributed by atoms with Gasteiger partial charge in [0.25, 0.3) is 0 Å². The Morgan fingerprint density at radius 1 is 1.46 bits per heavy atom. The average Bonchev–Trinajstić information content (AvgIpc) is 2.99. The van der Waals surface area contributed by atoms with Gasteiger partial charge in [0.2, 0.25) is 0 Å². The van der Waals surface area contributed by atoms with E-state index in [1.54, 1.807) is 26.8 Å². The third kappa shape index (κ3) is 6.18. The topological polar surface area (TPSA) is 86.3 Å². The number of hydrogen-bond donors (Lipinski definition) is 2. The minimum Gasteiger partial charge on any atom is -0.598 e.